The lowest BCUT2D eigenvalue weighted by atomic mass is 10.0. The van der Waals surface area contributed by atoms with Gasteiger partial charge in [-0.3, -0.25) is 14.4 Å². The van der Waals surface area contributed by atoms with Crippen LogP contribution in [0.2, 0.25) is 0 Å². The average molecular weight is 448 g/mol. The molecule has 2 aromatic carbocycles. The van der Waals surface area contributed by atoms with Gasteiger partial charge in [0.05, 0.1) is 6.04 Å². The second-order valence-electron chi connectivity index (χ2n) is 8.56. The van der Waals surface area contributed by atoms with Crippen LogP contribution in [0.3, 0.4) is 0 Å². The topological polar surface area (TPSA) is 86.7 Å². The molecule has 2 N–H and O–H groups in total. The molecule has 1 aliphatic heterocycles. The van der Waals surface area contributed by atoms with Crippen molar-refractivity contribution in [2.75, 3.05) is 37.4 Å². The highest BCUT2D eigenvalue weighted by Crippen LogP contribution is 2.28. The number of hydrogen-bond acceptors (Lipinski definition) is 4. The number of carbonyl (C=O) groups is 3. The molecule has 3 amide bonds. The van der Waals surface area contributed by atoms with Gasteiger partial charge in [-0.05, 0) is 50.3 Å². The Bertz CT molecular complexity index is 1200. The number of likely N-dealkylation sites (N-methyl/N-ethyl adjacent to an activating group) is 1. The summed E-state index contributed by atoms with van der Waals surface area (Å²) in [7, 11) is 5.89. The van der Waals surface area contributed by atoms with Gasteiger partial charge in [0.2, 0.25) is 5.91 Å². The Kier molecular flexibility index (Phi) is 6.46. The van der Waals surface area contributed by atoms with Gasteiger partial charge < -0.3 is 25.0 Å². The van der Waals surface area contributed by atoms with E-state index in [0.717, 1.165) is 28.6 Å². The average Bonchev–Trinajstić information content (AvgIpc) is 3.37. The van der Waals surface area contributed by atoms with Crippen LogP contribution in [0.1, 0.15) is 24.4 Å². The number of benzene rings is 2. The Morgan fingerprint density at radius 2 is 1.88 bits per heavy atom. The highest BCUT2D eigenvalue weighted by Gasteiger charge is 2.24. The van der Waals surface area contributed by atoms with E-state index in [0.29, 0.717) is 18.7 Å². The van der Waals surface area contributed by atoms with Crippen LogP contribution in [0.25, 0.3) is 10.9 Å². The summed E-state index contributed by atoms with van der Waals surface area (Å²) in [5.74, 6) is -1.38. The zero-order valence-corrected chi connectivity index (χ0v) is 19.2. The van der Waals surface area contributed by atoms with E-state index in [9.17, 15) is 14.4 Å². The number of nitrogens with one attached hydrogen (secondary N) is 2. The summed E-state index contributed by atoms with van der Waals surface area (Å²) in [6.45, 7) is 0.951. The van der Waals surface area contributed by atoms with Crippen molar-refractivity contribution in [3.63, 3.8) is 0 Å². The maximum absolute atomic E-state index is 12.6. The van der Waals surface area contributed by atoms with Gasteiger partial charge in [0.15, 0.2) is 0 Å². The third kappa shape index (κ3) is 4.75. The number of fused-ring (bicyclic) bond motifs is 1. The van der Waals surface area contributed by atoms with Gasteiger partial charge in [-0.15, -0.1) is 0 Å². The van der Waals surface area contributed by atoms with E-state index < -0.39 is 11.8 Å². The summed E-state index contributed by atoms with van der Waals surface area (Å²) < 4.78 is 2.06. The highest BCUT2D eigenvalue weighted by molar-refractivity contribution is 6.39. The summed E-state index contributed by atoms with van der Waals surface area (Å²) in [5, 5.41) is 6.52. The molecule has 0 radical (unpaired) electrons. The van der Waals surface area contributed by atoms with Crippen LogP contribution in [-0.4, -0.2) is 54.4 Å². The molecular formula is C25H29N5O3. The van der Waals surface area contributed by atoms with Gasteiger partial charge in [-0.2, -0.15) is 0 Å². The Hall–Kier alpha value is -3.65. The first-order valence-electron chi connectivity index (χ1n) is 11.0. The van der Waals surface area contributed by atoms with Crippen molar-refractivity contribution >= 4 is 40.0 Å². The molecule has 1 fully saturated rings. The van der Waals surface area contributed by atoms with Gasteiger partial charge in [0, 0.05) is 55.0 Å². The number of hydrogen-bond donors (Lipinski definition) is 2. The van der Waals surface area contributed by atoms with Gasteiger partial charge in [-0.25, -0.2) is 0 Å². The smallest absolute Gasteiger partial charge is 0.313 e. The maximum atomic E-state index is 12.6. The number of amides is 3. The molecule has 172 valence electrons. The van der Waals surface area contributed by atoms with Gasteiger partial charge in [-0.1, -0.05) is 24.3 Å². The van der Waals surface area contributed by atoms with E-state index in [1.165, 1.54) is 0 Å². The quantitative estimate of drug-likeness (QED) is 0.569. The maximum Gasteiger partial charge on any atom is 0.313 e. The predicted molar refractivity (Wildman–Crippen MR) is 129 cm³/mol. The number of carbonyl (C=O) groups excluding carboxylic acids is 3. The van der Waals surface area contributed by atoms with Crippen LogP contribution in [0.5, 0.6) is 0 Å². The minimum Gasteiger partial charge on any atom is -0.350 e. The molecule has 8 nitrogen and oxygen atoms in total. The predicted octanol–water partition coefficient (Wildman–Crippen LogP) is 2.66. The Labute approximate surface area is 193 Å². The lowest BCUT2D eigenvalue weighted by molar-refractivity contribution is -0.136. The molecule has 0 saturated carbocycles. The Morgan fingerprint density at radius 3 is 2.61 bits per heavy atom. The molecule has 8 heteroatoms. The molecule has 3 aromatic rings. The van der Waals surface area contributed by atoms with Crippen LogP contribution in [0, 0.1) is 0 Å². The third-order valence-electron chi connectivity index (χ3n) is 6.06. The summed E-state index contributed by atoms with van der Waals surface area (Å²) in [4.78, 5) is 40.8. The van der Waals surface area contributed by atoms with Crippen LogP contribution in [0.15, 0.2) is 54.7 Å². The van der Waals surface area contributed by atoms with E-state index in [-0.39, 0.29) is 18.5 Å². The van der Waals surface area contributed by atoms with E-state index in [1.54, 1.807) is 23.1 Å². The number of rotatable bonds is 6. The van der Waals surface area contributed by atoms with Crippen molar-refractivity contribution in [3.8, 4) is 0 Å². The van der Waals surface area contributed by atoms with Crippen LogP contribution >= 0.6 is 0 Å². The summed E-state index contributed by atoms with van der Waals surface area (Å²) >= 11 is 0. The molecule has 2 heterocycles. The fourth-order valence-electron chi connectivity index (χ4n) is 4.34. The summed E-state index contributed by atoms with van der Waals surface area (Å²) in [6.07, 6.45) is 3.41. The normalized spacial score (nSPS) is 14.7. The molecule has 0 spiro atoms. The fourth-order valence-corrected chi connectivity index (χ4v) is 4.34. The molecule has 0 bridgehead atoms. The minimum absolute atomic E-state index is 0.0689. The molecule has 1 saturated heterocycles. The SMILES string of the molecule is CN(C)C(CNC(=O)C(=O)Nc1cccc(N2CCCC2=O)c1)c1cn(C)c2ccccc12. The molecule has 4 rings (SSSR count). The number of aryl methyl sites for hydroxylation is 1. The number of anilines is 2. The zero-order chi connectivity index (χ0) is 23.5. The Balaban J connectivity index is 1.42. The molecular weight excluding hydrogens is 418 g/mol. The van der Waals surface area contributed by atoms with Crippen LogP contribution in [-0.2, 0) is 21.4 Å². The van der Waals surface area contributed by atoms with Crippen LogP contribution < -0.4 is 15.5 Å². The van der Waals surface area contributed by atoms with Crippen molar-refractivity contribution in [1.82, 2.24) is 14.8 Å². The highest BCUT2D eigenvalue weighted by atomic mass is 16.2. The van der Waals surface area contributed by atoms with Gasteiger partial charge >= 0.3 is 11.8 Å². The number of aromatic nitrogens is 1. The van der Waals surface area contributed by atoms with Gasteiger partial charge in [0.25, 0.3) is 0 Å². The van der Waals surface area contributed by atoms with Crippen molar-refractivity contribution in [2.45, 2.75) is 18.9 Å². The summed E-state index contributed by atoms with van der Waals surface area (Å²) in [6, 6.07) is 15.0. The summed E-state index contributed by atoms with van der Waals surface area (Å²) in [5.41, 5.74) is 3.39. The first-order chi connectivity index (χ1) is 15.8. The molecule has 1 aliphatic rings. The monoisotopic (exact) mass is 447 g/mol. The van der Waals surface area contributed by atoms with Crippen molar-refractivity contribution < 1.29 is 14.4 Å². The van der Waals surface area contributed by atoms with Crippen molar-refractivity contribution in [2.24, 2.45) is 7.05 Å². The number of nitrogens with zero attached hydrogens (tertiary/aromatic N) is 3. The lowest BCUT2D eigenvalue weighted by Gasteiger charge is -2.24. The molecule has 1 atom stereocenters. The van der Waals surface area contributed by atoms with E-state index in [1.807, 2.05) is 44.2 Å². The first kappa shape index (κ1) is 22.5. The number of para-hydroxylation sites is 1. The lowest BCUT2D eigenvalue weighted by Crippen LogP contribution is -2.40. The zero-order valence-electron chi connectivity index (χ0n) is 19.2. The standard InChI is InChI=1S/C25H29N5O3/c1-28(2)22(20-16-29(3)21-11-5-4-10-19(20)21)15-26-24(32)25(33)27-17-8-6-9-18(14-17)30-13-7-12-23(30)31/h4-6,8-11,14,16,22H,7,12-13,15H2,1-3H3,(H,26,32)(H,27,33). The second kappa shape index (κ2) is 9.46. The molecule has 0 aliphatic carbocycles. The van der Waals surface area contributed by atoms with Crippen molar-refractivity contribution in [3.05, 3.63) is 60.3 Å². The minimum atomic E-state index is -0.740. The van der Waals surface area contributed by atoms with Gasteiger partial charge in [0.1, 0.15) is 0 Å². The van der Waals surface area contributed by atoms with Crippen LogP contribution in [0.4, 0.5) is 11.4 Å². The van der Waals surface area contributed by atoms with E-state index in [4.69, 9.17) is 0 Å². The largest absolute Gasteiger partial charge is 0.350 e. The molecule has 1 aromatic heterocycles. The Morgan fingerprint density at radius 1 is 1.09 bits per heavy atom. The molecule has 1 unspecified atom stereocenters. The second-order valence-corrected chi connectivity index (χ2v) is 8.56. The first-order valence-corrected chi connectivity index (χ1v) is 11.0. The third-order valence-corrected chi connectivity index (χ3v) is 6.06. The van der Waals surface area contributed by atoms with Crippen molar-refractivity contribution in [1.29, 1.82) is 0 Å². The van der Waals surface area contributed by atoms with E-state index in [2.05, 4.69) is 33.5 Å². The fraction of sp³-hybridized carbons (Fsp3) is 0.320. The molecule has 33 heavy (non-hydrogen) atoms. The van der Waals surface area contributed by atoms with E-state index >= 15 is 0 Å².